The molecule has 0 spiro atoms. The van der Waals surface area contributed by atoms with Crippen LogP contribution in [0.2, 0.25) is 0 Å². The molecule has 5 heteroatoms. The third-order valence-corrected chi connectivity index (χ3v) is 5.15. The standard InChI is InChI=1S/C25H28N2O3/c1-26(2)20-11-6-17(7-12-20)22-15-10-19(16-23(28)29)25(30-5)24(22)18-8-13-21(14-9-18)27(3)4/h6-15H,16H2,1-5H3,(H,28,29). The highest BCUT2D eigenvalue weighted by Gasteiger charge is 2.19. The summed E-state index contributed by atoms with van der Waals surface area (Å²) in [5.74, 6) is -0.283. The minimum atomic E-state index is -0.884. The van der Waals surface area contributed by atoms with Crippen molar-refractivity contribution < 1.29 is 14.6 Å². The molecular weight excluding hydrogens is 376 g/mol. The van der Waals surface area contributed by atoms with Gasteiger partial charge < -0.3 is 19.6 Å². The first-order valence-electron chi connectivity index (χ1n) is 9.79. The van der Waals surface area contributed by atoms with Gasteiger partial charge >= 0.3 is 5.97 Å². The van der Waals surface area contributed by atoms with Gasteiger partial charge in [-0.3, -0.25) is 4.79 Å². The molecule has 0 radical (unpaired) electrons. The highest BCUT2D eigenvalue weighted by molar-refractivity contribution is 5.90. The van der Waals surface area contributed by atoms with Crippen molar-refractivity contribution in [3.63, 3.8) is 0 Å². The lowest BCUT2D eigenvalue weighted by molar-refractivity contribution is -0.136. The summed E-state index contributed by atoms with van der Waals surface area (Å²) in [6.45, 7) is 0. The van der Waals surface area contributed by atoms with Crippen molar-refractivity contribution in [3.05, 3.63) is 66.2 Å². The van der Waals surface area contributed by atoms with Gasteiger partial charge in [-0.15, -0.1) is 0 Å². The molecule has 30 heavy (non-hydrogen) atoms. The lowest BCUT2D eigenvalue weighted by Gasteiger charge is -2.20. The summed E-state index contributed by atoms with van der Waals surface area (Å²) in [5, 5.41) is 9.35. The molecule has 0 saturated heterocycles. The number of carbonyl (C=O) groups is 1. The van der Waals surface area contributed by atoms with Crippen molar-refractivity contribution in [2.45, 2.75) is 6.42 Å². The third kappa shape index (κ3) is 4.40. The Morgan fingerprint density at radius 3 is 1.73 bits per heavy atom. The average molecular weight is 405 g/mol. The number of anilines is 2. The summed E-state index contributed by atoms with van der Waals surface area (Å²) in [4.78, 5) is 15.5. The molecule has 0 saturated carbocycles. The first-order chi connectivity index (χ1) is 14.3. The van der Waals surface area contributed by atoms with E-state index in [1.165, 1.54) is 0 Å². The normalized spacial score (nSPS) is 10.6. The van der Waals surface area contributed by atoms with Gasteiger partial charge in [0, 0.05) is 50.7 Å². The van der Waals surface area contributed by atoms with Gasteiger partial charge in [-0.05, 0) is 41.0 Å². The number of benzene rings is 3. The zero-order chi connectivity index (χ0) is 21.8. The van der Waals surface area contributed by atoms with Crippen LogP contribution in [0.1, 0.15) is 5.56 Å². The number of carboxylic acids is 1. The number of methoxy groups -OCH3 is 1. The molecule has 0 aliphatic carbocycles. The molecule has 0 aromatic heterocycles. The van der Waals surface area contributed by atoms with E-state index >= 15 is 0 Å². The maximum Gasteiger partial charge on any atom is 0.307 e. The molecule has 3 aromatic rings. The van der Waals surface area contributed by atoms with Crippen LogP contribution in [0.5, 0.6) is 5.75 Å². The van der Waals surface area contributed by atoms with Gasteiger partial charge in [-0.1, -0.05) is 36.4 Å². The molecule has 156 valence electrons. The van der Waals surface area contributed by atoms with Crippen molar-refractivity contribution >= 4 is 17.3 Å². The summed E-state index contributed by atoms with van der Waals surface area (Å²) in [6, 6.07) is 20.4. The molecule has 0 aliphatic rings. The lowest BCUT2D eigenvalue weighted by atomic mass is 9.90. The third-order valence-electron chi connectivity index (χ3n) is 5.15. The van der Waals surface area contributed by atoms with Crippen LogP contribution in [0.3, 0.4) is 0 Å². The number of ether oxygens (including phenoxy) is 1. The van der Waals surface area contributed by atoms with Crippen LogP contribution < -0.4 is 14.5 Å². The Labute approximate surface area is 178 Å². The fourth-order valence-corrected chi connectivity index (χ4v) is 3.55. The van der Waals surface area contributed by atoms with E-state index in [0.717, 1.165) is 33.6 Å². The molecule has 0 fully saturated rings. The Kier molecular flexibility index (Phi) is 6.31. The largest absolute Gasteiger partial charge is 0.496 e. The molecular formula is C25H28N2O3. The minimum Gasteiger partial charge on any atom is -0.496 e. The smallest absolute Gasteiger partial charge is 0.307 e. The van der Waals surface area contributed by atoms with Gasteiger partial charge in [-0.25, -0.2) is 0 Å². The van der Waals surface area contributed by atoms with Gasteiger partial charge in [0.25, 0.3) is 0 Å². The van der Waals surface area contributed by atoms with Gasteiger partial charge in [0.05, 0.1) is 13.5 Å². The quantitative estimate of drug-likeness (QED) is 0.614. The predicted molar refractivity (Wildman–Crippen MR) is 124 cm³/mol. The van der Waals surface area contributed by atoms with Crippen LogP contribution in [0.15, 0.2) is 60.7 Å². The number of rotatable bonds is 7. The first kappa shape index (κ1) is 21.2. The Bertz CT molecular complexity index is 1020. The topological polar surface area (TPSA) is 53.0 Å². The minimum absolute atomic E-state index is 0.0915. The van der Waals surface area contributed by atoms with Crippen LogP contribution in [0.4, 0.5) is 11.4 Å². The van der Waals surface area contributed by atoms with E-state index in [4.69, 9.17) is 4.74 Å². The number of nitrogens with zero attached hydrogens (tertiary/aromatic N) is 2. The van der Waals surface area contributed by atoms with Gasteiger partial charge in [0.1, 0.15) is 5.75 Å². The van der Waals surface area contributed by atoms with Crippen molar-refractivity contribution in [3.8, 4) is 28.0 Å². The van der Waals surface area contributed by atoms with Crippen LogP contribution in [-0.2, 0) is 11.2 Å². The SMILES string of the molecule is COc1c(CC(=O)O)ccc(-c2ccc(N(C)C)cc2)c1-c1ccc(N(C)C)cc1. The zero-order valence-electron chi connectivity index (χ0n) is 18.1. The van der Waals surface area contributed by atoms with Crippen LogP contribution >= 0.6 is 0 Å². The molecule has 5 nitrogen and oxygen atoms in total. The summed E-state index contributed by atoms with van der Waals surface area (Å²) in [7, 11) is 9.62. The second-order valence-corrected chi connectivity index (χ2v) is 7.63. The molecule has 1 N–H and O–H groups in total. The van der Waals surface area contributed by atoms with E-state index in [0.29, 0.717) is 11.3 Å². The summed E-state index contributed by atoms with van der Waals surface area (Å²) in [6.07, 6.45) is -0.0915. The van der Waals surface area contributed by atoms with Gasteiger partial charge in [-0.2, -0.15) is 0 Å². The molecule has 0 bridgehead atoms. The second-order valence-electron chi connectivity index (χ2n) is 7.63. The second kappa shape index (κ2) is 8.91. The fourth-order valence-electron chi connectivity index (χ4n) is 3.55. The molecule has 0 aliphatic heterocycles. The van der Waals surface area contributed by atoms with E-state index in [-0.39, 0.29) is 6.42 Å². The molecule has 0 unspecified atom stereocenters. The van der Waals surface area contributed by atoms with E-state index in [1.54, 1.807) is 7.11 Å². The number of hydrogen-bond donors (Lipinski definition) is 1. The monoisotopic (exact) mass is 404 g/mol. The highest BCUT2D eigenvalue weighted by atomic mass is 16.5. The fraction of sp³-hybridized carbons (Fsp3) is 0.240. The van der Waals surface area contributed by atoms with Crippen molar-refractivity contribution in [2.24, 2.45) is 0 Å². The van der Waals surface area contributed by atoms with Crippen LogP contribution in [0.25, 0.3) is 22.3 Å². The Morgan fingerprint density at radius 2 is 1.30 bits per heavy atom. The van der Waals surface area contributed by atoms with E-state index in [2.05, 4.69) is 53.4 Å². The Balaban J connectivity index is 2.22. The Morgan fingerprint density at radius 1 is 0.800 bits per heavy atom. The van der Waals surface area contributed by atoms with Crippen molar-refractivity contribution in [1.82, 2.24) is 0 Å². The van der Waals surface area contributed by atoms with Gasteiger partial charge in [0.15, 0.2) is 0 Å². The first-order valence-corrected chi connectivity index (χ1v) is 9.79. The molecule has 3 rings (SSSR count). The average Bonchev–Trinajstić information content (AvgIpc) is 2.73. The van der Waals surface area contributed by atoms with Crippen molar-refractivity contribution in [2.75, 3.05) is 45.1 Å². The van der Waals surface area contributed by atoms with E-state index in [1.807, 2.05) is 45.2 Å². The van der Waals surface area contributed by atoms with Crippen LogP contribution in [0, 0.1) is 0 Å². The van der Waals surface area contributed by atoms with Crippen LogP contribution in [-0.4, -0.2) is 46.4 Å². The summed E-state index contributed by atoms with van der Waals surface area (Å²) in [5.41, 5.74) is 6.80. The molecule has 0 amide bonds. The predicted octanol–water partition coefficient (Wildman–Crippen LogP) is 4.79. The molecule has 3 aromatic carbocycles. The molecule has 0 atom stereocenters. The van der Waals surface area contributed by atoms with E-state index in [9.17, 15) is 9.90 Å². The highest BCUT2D eigenvalue weighted by Crippen LogP contribution is 2.42. The maximum absolute atomic E-state index is 11.4. The Hall–Kier alpha value is -3.47. The summed E-state index contributed by atoms with van der Waals surface area (Å²) >= 11 is 0. The summed E-state index contributed by atoms with van der Waals surface area (Å²) < 4.78 is 5.75. The number of carboxylic acid groups (broad SMARTS) is 1. The maximum atomic E-state index is 11.4. The zero-order valence-corrected chi connectivity index (χ0v) is 18.1. The van der Waals surface area contributed by atoms with Gasteiger partial charge in [0.2, 0.25) is 0 Å². The number of aliphatic carboxylic acids is 1. The van der Waals surface area contributed by atoms with E-state index < -0.39 is 5.97 Å². The number of hydrogen-bond acceptors (Lipinski definition) is 4. The van der Waals surface area contributed by atoms with Crippen molar-refractivity contribution in [1.29, 1.82) is 0 Å². The lowest BCUT2D eigenvalue weighted by Crippen LogP contribution is -2.08. The molecule has 0 heterocycles.